The van der Waals surface area contributed by atoms with Crippen LogP contribution >= 0.6 is 11.6 Å². The molecule has 1 fully saturated rings. The van der Waals surface area contributed by atoms with Gasteiger partial charge in [-0.1, -0.05) is 43.0 Å². The summed E-state index contributed by atoms with van der Waals surface area (Å²) >= 11 is 5.99. The Morgan fingerprint density at radius 3 is 2.67 bits per heavy atom. The highest BCUT2D eigenvalue weighted by molar-refractivity contribution is 6.30. The van der Waals surface area contributed by atoms with Crippen molar-refractivity contribution in [3.63, 3.8) is 0 Å². The molecule has 1 aliphatic carbocycles. The molecule has 1 amide bonds. The highest BCUT2D eigenvalue weighted by atomic mass is 35.5. The fourth-order valence-electron chi connectivity index (χ4n) is 3.21. The maximum Gasteiger partial charge on any atom is 0.223 e. The first-order valence-corrected chi connectivity index (χ1v) is 8.11. The zero-order valence-electron chi connectivity index (χ0n) is 12.8. The third-order valence-corrected chi connectivity index (χ3v) is 4.84. The van der Waals surface area contributed by atoms with Crippen LogP contribution in [0.1, 0.15) is 44.1 Å². The van der Waals surface area contributed by atoms with Gasteiger partial charge in [-0.15, -0.1) is 0 Å². The average Bonchev–Trinajstić information content (AvgIpc) is 2.48. The lowest BCUT2D eigenvalue weighted by molar-refractivity contribution is -0.133. The predicted molar refractivity (Wildman–Crippen MR) is 87.1 cm³/mol. The van der Waals surface area contributed by atoms with Gasteiger partial charge < -0.3 is 10.6 Å². The third kappa shape index (κ3) is 4.45. The fraction of sp³-hybridized carbons (Fsp3) is 0.588. The monoisotopic (exact) mass is 308 g/mol. The first kappa shape index (κ1) is 16.3. The molecule has 0 radical (unpaired) electrons. The summed E-state index contributed by atoms with van der Waals surface area (Å²) < 4.78 is 0. The van der Waals surface area contributed by atoms with Gasteiger partial charge in [0.25, 0.3) is 0 Å². The minimum absolute atomic E-state index is 0.0257. The first-order valence-electron chi connectivity index (χ1n) is 7.73. The van der Waals surface area contributed by atoms with Crippen LogP contribution in [0, 0.1) is 5.41 Å². The molecule has 0 heterocycles. The summed E-state index contributed by atoms with van der Waals surface area (Å²) in [6.07, 6.45) is 6.40. The van der Waals surface area contributed by atoms with Gasteiger partial charge >= 0.3 is 0 Å². The third-order valence-electron chi connectivity index (χ3n) is 4.61. The minimum Gasteiger partial charge on any atom is -0.341 e. The summed E-state index contributed by atoms with van der Waals surface area (Å²) in [7, 11) is 1.86. The van der Waals surface area contributed by atoms with Gasteiger partial charge in [0.2, 0.25) is 5.91 Å². The molecular weight excluding hydrogens is 284 g/mol. The van der Waals surface area contributed by atoms with E-state index in [-0.39, 0.29) is 11.3 Å². The van der Waals surface area contributed by atoms with Crippen molar-refractivity contribution in [3.8, 4) is 0 Å². The minimum atomic E-state index is 0.0257. The molecule has 1 aromatic carbocycles. The summed E-state index contributed by atoms with van der Waals surface area (Å²) in [5, 5.41) is 0.707. The number of nitrogens with zero attached hydrogens (tertiary/aromatic N) is 1. The number of rotatable bonds is 5. The Hall–Kier alpha value is -1.06. The van der Waals surface area contributed by atoms with E-state index in [0.29, 0.717) is 24.5 Å². The van der Waals surface area contributed by atoms with Gasteiger partial charge in [0.05, 0.1) is 0 Å². The van der Waals surface area contributed by atoms with E-state index < -0.39 is 0 Å². The Morgan fingerprint density at radius 2 is 2.05 bits per heavy atom. The topological polar surface area (TPSA) is 46.3 Å². The lowest BCUT2D eigenvalue weighted by Crippen LogP contribution is -2.39. The van der Waals surface area contributed by atoms with E-state index in [0.717, 1.165) is 18.4 Å². The van der Waals surface area contributed by atoms with Gasteiger partial charge in [-0.25, -0.2) is 0 Å². The van der Waals surface area contributed by atoms with Crippen LogP contribution in [0.25, 0.3) is 0 Å². The molecular formula is C17H25ClN2O. The summed E-state index contributed by atoms with van der Waals surface area (Å²) in [4.78, 5) is 14.3. The van der Waals surface area contributed by atoms with Crippen LogP contribution in [-0.4, -0.2) is 24.4 Å². The quantitative estimate of drug-likeness (QED) is 0.903. The van der Waals surface area contributed by atoms with E-state index in [2.05, 4.69) is 0 Å². The molecule has 21 heavy (non-hydrogen) atoms. The van der Waals surface area contributed by atoms with Gasteiger partial charge in [-0.05, 0) is 42.5 Å². The van der Waals surface area contributed by atoms with Gasteiger partial charge in [-0.2, -0.15) is 0 Å². The Labute approximate surface area is 132 Å². The maximum absolute atomic E-state index is 12.5. The fourth-order valence-corrected chi connectivity index (χ4v) is 3.42. The zero-order valence-corrected chi connectivity index (χ0v) is 13.5. The highest BCUT2D eigenvalue weighted by Crippen LogP contribution is 2.38. The van der Waals surface area contributed by atoms with Crippen molar-refractivity contribution in [3.05, 3.63) is 34.9 Å². The molecule has 1 saturated carbocycles. The molecule has 116 valence electrons. The molecule has 0 unspecified atom stereocenters. The van der Waals surface area contributed by atoms with Crippen LogP contribution in [0.3, 0.4) is 0 Å². The number of benzene rings is 1. The van der Waals surface area contributed by atoms with Crippen LogP contribution in [0.5, 0.6) is 0 Å². The number of amides is 1. The summed E-state index contributed by atoms with van der Waals surface area (Å²) in [5.74, 6) is 0.183. The van der Waals surface area contributed by atoms with Gasteiger partial charge in [0.1, 0.15) is 0 Å². The van der Waals surface area contributed by atoms with Gasteiger partial charge in [0, 0.05) is 25.0 Å². The van der Waals surface area contributed by atoms with Crippen LogP contribution in [0.15, 0.2) is 24.3 Å². The molecule has 2 rings (SSSR count). The van der Waals surface area contributed by atoms with Crippen molar-refractivity contribution in [2.45, 2.75) is 45.1 Å². The zero-order chi connectivity index (χ0) is 15.3. The number of carbonyl (C=O) groups is 1. The van der Waals surface area contributed by atoms with E-state index in [9.17, 15) is 4.79 Å². The number of carbonyl (C=O) groups excluding carboxylic acids is 1. The Kier molecular flexibility index (Phi) is 5.65. The Balaban J connectivity index is 1.95. The molecule has 0 bridgehead atoms. The molecule has 1 aliphatic rings. The number of hydrogen-bond donors (Lipinski definition) is 1. The number of hydrogen-bond acceptors (Lipinski definition) is 2. The largest absolute Gasteiger partial charge is 0.341 e. The second kappa shape index (κ2) is 7.28. The van der Waals surface area contributed by atoms with Crippen molar-refractivity contribution in [1.29, 1.82) is 0 Å². The SMILES string of the molecule is CN(Cc1cccc(Cl)c1)C(=O)CC1(CN)CCCCC1. The molecule has 2 N–H and O–H groups in total. The van der Waals surface area contributed by atoms with Crippen molar-refractivity contribution in [2.75, 3.05) is 13.6 Å². The summed E-state index contributed by atoms with van der Waals surface area (Å²) in [5.41, 5.74) is 7.06. The molecule has 0 saturated heterocycles. The molecule has 3 nitrogen and oxygen atoms in total. The summed E-state index contributed by atoms with van der Waals surface area (Å²) in [6.45, 7) is 1.21. The van der Waals surface area contributed by atoms with E-state index in [1.165, 1.54) is 19.3 Å². The number of halogens is 1. The molecule has 0 aromatic heterocycles. The van der Waals surface area contributed by atoms with E-state index >= 15 is 0 Å². The van der Waals surface area contributed by atoms with E-state index in [4.69, 9.17) is 17.3 Å². The highest BCUT2D eigenvalue weighted by Gasteiger charge is 2.33. The average molecular weight is 309 g/mol. The van der Waals surface area contributed by atoms with Crippen molar-refractivity contribution in [2.24, 2.45) is 11.1 Å². The first-order chi connectivity index (χ1) is 10.0. The maximum atomic E-state index is 12.5. The smallest absolute Gasteiger partial charge is 0.223 e. The predicted octanol–water partition coefficient (Wildman–Crippen LogP) is 3.60. The van der Waals surface area contributed by atoms with Crippen LogP contribution in [0.2, 0.25) is 5.02 Å². The summed E-state index contributed by atoms with van der Waals surface area (Å²) in [6, 6.07) is 7.66. The van der Waals surface area contributed by atoms with Gasteiger partial charge in [-0.3, -0.25) is 4.79 Å². The van der Waals surface area contributed by atoms with Crippen LogP contribution in [0.4, 0.5) is 0 Å². The van der Waals surface area contributed by atoms with Gasteiger partial charge in [0.15, 0.2) is 0 Å². The molecule has 0 atom stereocenters. The van der Waals surface area contributed by atoms with E-state index in [1.54, 1.807) is 4.90 Å². The number of nitrogens with two attached hydrogens (primary N) is 1. The van der Waals surface area contributed by atoms with Crippen molar-refractivity contribution in [1.82, 2.24) is 4.90 Å². The normalized spacial score (nSPS) is 17.5. The Bertz CT molecular complexity index is 483. The Morgan fingerprint density at radius 1 is 1.33 bits per heavy atom. The standard InChI is InChI=1S/C17H25ClN2O/c1-20(12-14-6-5-7-15(18)10-14)16(21)11-17(13-19)8-3-2-4-9-17/h5-7,10H,2-4,8-9,11-13,19H2,1H3. The second-order valence-corrected chi connectivity index (χ2v) is 6.76. The molecule has 1 aromatic rings. The van der Waals surface area contributed by atoms with Crippen LogP contribution < -0.4 is 5.73 Å². The molecule has 4 heteroatoms. The lowest BCUT2D eigenvalue weighted by Gasteiger charge is -2.36. The van der Waals surface area contributed by atoms with Crippen molar-refractivity contribution < 1.29 is 4.79 Å². The second-order valence-electron chi connectivity index (χ2n) is 6.32. The lowest BCUT2D eigenvalue weighted by atomic mass is 9.71. The molecule has 0 spiro atoms. The van der Waals surface area contributed by atoms with Crippen LogP contribution in [-0.2, 0) is 11.3 Å². The van der Waals surface area contributed by atoms with E-state index in [1.807, 2.05) is 31.3 Å². The molecule has 0 aliphatic heterocycles. The van der Waals surface area contributed by atoms with Crippen molar-refractivity contribution >= 4 is 17.5 Å².